The second-order valence-electron chi connectivity index (χ2n) is 7.66. The Bertz CT molecular complexity index is 1350. The predicted molar refractivity (Wildman–Crippen MR) is 136 cm³/mol. The van der Waals surface area contributed by atoms with E-state index in [1.807, 2.05) is 44.2 Å². The molecule has 1 heterocycles. The number of fused-ring (bicyclic) bond motifs is 1. The van der Waals surface area contributed by atoms with Crippen molar-refractivity contribution in [1.29, 1.82) is 0 Å². The highest BCUT2D eigenvalue weighted by Crippen LogP contribution is 2.38. The van der Waals surface area contributed by atoms with Crippen LogP contribution >= 0.6 is 11.3 Å². The van der Waals surface area contributed by atoms with Crippen LogP contribution in [0.1, 0.15) is 27.0 Å². The zero-order chi connectivity index (χ0) is 24.2. The number of methoxy groups -OCH3 is 3. The number of carbonyl (C=O) groups excluding carboxylic acids is 1. The summed E-state index contributed by atoms with van der Waals surface area (Å²) < 4.78 is 17.2. The highest BCUT2D eigenvalue weighted by Gasteiger charge is 2.21. The maximum atomic E-state index is 13.5. The van der Waals surface area contributed by atoms with Gasteiger partial charge in [0.25, 0.3) is 5.91 Å². The highest BCUT2D eigenvalue weighted by atomic mass is 32.1. The molecule has 4 aromatic rings. The van der Waals surface area contributed by atoms with Gasteiger partial charge in [-0.25, -0.2) is 4.98 Å². The van der Waals surface area contributed by atoms with Crippen LogP contribution in [0, 0.1) is 13.8 Å². The Morgan fingerprint density at radius 2 is 1.65 bits per heavy atom. The zero-order valence-corrected chi connectivity index (χ0v) is 20.5. The molecular formula is C26H25N3O4S. The minimum Gasteiger partial charge on any atom is -0.493 e. The molecule has 0 atom stereocenters. The first kappa shape index (κ1) is 23.3. The third-order valence-electron chi connectivity index (χ3n) is 5.18. The van der Waals surface area contributed by atoms with Crippen molar-refractivity contribution in [2.45, 2.75) is 13.8 Å². The minimum absolute atomic E-state index is 0.275. The highest BCUT2D eigenvalue weighted by molar-refractivity contribution is 7.22. The Morgan fingerprint density at radius 3 is 2.29 bits per heavy atom. The van der Waals surface area contributed by atoms with E-state index in [-0.39, 0.29) is 5.91 Å². The maximum absolute atomic E-state index is 13.5. The van der Waals surface area contributed by atoms with Crippen molar-refractivity contribution in [3.8, 4) is 17.2 Å². The molecule has 1 aromatic heterocycles. The molecule has 4 rings (SSSR count). The maximum Gasteiger partial charge on any atom is 0.280 e. The van der Waals surface area contributed by atoms with Crippen LogP contribution in [0.4, 0.5) is 5.13 Å². The Morgan fingerprint density at radius 1 is 0.941 bits per heavy atom. The van der Waals surface area contributed by atoms with Gasteiger partial charge < -0.3 is 14.2 Å². The van der Waals surface area contributed by atoms with Gasteiger partial charge in [0.2, 0.25) is 10.9 Å². The van der Waals surface area contributed by atoms with Crippen molar-refractivity contribution in [3.05, 3.63) is 76.9 Å². The number of aromatic nitrogens is 1. The summed E-state index contributed by atoms with van der Waals surface area (Å²) in [7, 11) is 4.65. The van der Waals surface area contributed by atoms with Crippen LogP contribution in [-0.4, -0.2) is 38.4 Å². The summed E-state index contributed by atoms with van der Waals surface area (Å²) in [4.78, 5) is 18.2. The number of hydrogen-bond donors (Lipinski definition) is 0. The average molecular weight is 476 g/mol. The van der Waals surface area contributed by atoms with E-state index in [4.69, 9.17) is 14.2 Å². The summed E-state index contributed by atoms with van der Waals surface area (Å²) in [5.74, 6) is 1.20. The number of hydrogen-bond acceptors (Lipinski definition) is 7. The number of amides is 1. The summed E-state index contributed by atoms with van der Waals surface area (Å²) >= 11 is 1.41. The van der Waals surface area contributed by atoms with Crippen molar-refractivity contribution in [1.82, 2.24) is 4.98 Å². The number of hydrazone groups is 1. The molecule has 0 spiro atoms. The van der Waals surface area contributed by atoms with Gasteiger partial charge in [-0.05, 0) is 55.8 Å². The van der Waals surface area contributed by atoms with Crippen LogP contribution < -0.4 is 19.2 Å². The van der Waals surface area contributed by atoms with E-state index in [2.05, 4.69) is 16.2 Å². The standard InChI is InChI=1S/C26H25N3O4S/c1-16-7-6-8-19(11-16)25(30)29(26-28-20-10-9-17(2)12-23(20)34-26)27-15-18-13-21(31-3)24(33-5)22(14-18)32-4/h6-15H,1-5H3/b27-15+. The van der Waals surface area contributed by atoms with Crippen molar-refractivity contribution in [2.75, 3.05) is 26.3 Å². The summed E-state index contributed by atoms with van der Waals surface area (Å²) in [6.07, 6.45) is 1.58. The van der Waals surface area contributed by atoms with Crippen LogP contribution in [0.25, 0.3) is 10.2 Å². The van der Waals surface area contributed by atoms with Crippen LogP contribution in [0.2, 0.25) is 0 Å². The molecule has 0 saturated heterocycles. The van der Waals surface area contributed by atoms with Crippen molar-refractivity contribution in [3.63, 3.8) is 0 Å². The van der Waals surface area contributed by atoms with Gasteiger partial charge >= 0.3 is 0 Å². The number of anilines is 1. The molecular weight excluding hydrogens is 450 g/mol. The quantitative estimate of drug-likeness (QED) is 0.256. The van der Waals surface area contributed by atoms with E-state index in [0.29, 0.717) is 33.5 Å². The number of ether oxygens (including phenoxy) is 3. The molecule has 0 N–H and O–H groups in total. The number of rotatable bonds is 7. The van der Waals surface area contributed by atoms with Crippen molar-refractivity contribution >= 4 is 38.8 Å². The van der Waals surface area contributed by atoms with Crippen LogP contribution in [0.15, 0.2) is 59.7 Å². The molecule has 3 aromatic carbocycles. The molecule has 8 heteroatoms. The smallest absolute Gasteiger partial charge is 0.280 e. The fraction of sp³-hybridized carbons (Fsp3) is 0.192. The number of aryl methyl sites for hydroxylation is 2. The van der Waals surface area contributed by atoms with Crippen molar-refractivity contribution < 1.29 is 19.0 Å². The molecule has 0 unspecified atom stereocenters. The van der Waals surface area contributed by atoms with Gasteiger partial charge in [-0.15, -0.1) is 0 Å². The van der Waals surface area contributed by atoms with Gasteiger partial charge in [0, 0.05) is 11.1 Å². The van der Waals surface area contributed by atoms with Crippen molar-refractivity contribution in [2.24, 2.45) is 5.10 Å². The minimum atomic E-state index is -0.275. The van der Waals surface area contributed by atoms with Gasteiger partial charge in [0.1, 0.15) is 0 Å². The molecule has 0 fully saturated rings. The fourth-order valence-electron chi connectivity index (χ4n) is 3.50. The van der Waals surface area contributed by atoms with E-state index in [1.54, 1.807) is 45.7 Å². The molecule has 0 aliphatic heterocycles. The molecule has 0 aliphatic rings. The normalized spacial score (nSPS) is 11.1. The molecule has 34 heavy (non-hydrogen) atoms. The first-order valence-corrected chi connectivity index (χ1v) is 11.4. The molecule has 0 bridgehead atoms. The Hall–Kier alpha value is -3.91. The lowest BCUT2D eigenvalue weighted by Crippen LogP contribution is -2.25. The van der Waals surface area contributed by atoms with Crippen LogP contribution in [0.5, 0.6) is 17.2 Å². The number of nitrogens with zero attached hydrogens (tertiary/aromatic N) is 3. The number of carbonyl (C=O) groups is 1. The lowest BCUT2D eigenvalue weighted by Gasteiger charge is -2.15. The zero-order valence-electron chi connectivity index (χ0n) is 19.7. The fourth-order valence-corrected chi connectivity index (χ4v) is 4.52. The SMILES string of the molecule is COc1cc(/C=N/N(C(=O)c2cccc(C)c2)c2nc3ccc(C)cc3s2)cc(OC)c1OC. The third kappa shape index (κ3) is 4.72. The van der Waals surface area contributed by atoms with E-state index in [9.17, 15) is 4.79 Å². The van der Waals surface area contributed by atoms with E-state index in [0.717, 1.165) is 21.3 Å². The predicted octanol–water partition coefficient (Wildman–Crippen LogP) is 5.62. The number of benzene rings is 3. The number of thiazole rings is 1. The molecule has 0 radical (unpaired) electrons. The average Bonchev–Trinajstić information content (AvgIpc) is 3.26. The first-order valence-electron chi connectivity index (χ1n) is 10.6. The molecule has 7 nitrogen and oxygen atoms in total. The van der Waals surface area contributed by atoms with Gasteiger partial charge in [0.15, 0.2) is 11.5 Å². The van der Waals surface area contributed by atoms with Gasteiger partial charge in [-0.2, -0.15) is 10.1 Å². The second kappa shape index (κ2) is 9.93. The lowest BCUT2D eigenvalue weighted by molar-refractivity contribution is 0.0987. The van der Waals surface area contributed by atoms with Gasteiger partial charge in [-0.1, -0.05) is 35.1 Å². The van der Waals surface area contributed by atoms with E-state index >= 15 is 0 Å². The van der Waals surface area contributed by atoms with Crippen LogP contribution in [-0.2, 0) is 0 Å². The Balaban J connectivity index is 1.79. The monoisotopic (exact) mass is 475 g/mol. The second-order valence-corrected chi connectivity index (χ2v) is 8.67. The molecule has 1 amide bonds. The summed E-state index contributed by atoms with van der Waals surface area (Å²) in [5.41, 5.74) is 4.13. The molecule has 174 valence electrons. The lowest BCUT2D eigenvalue weighted by atomic mass is 10.1. The largest absolute Gasteiger partial charge is 0.493 e. The first-order chi connectivity index (χ1) is 16.4. The summed E-state index contributed by atoms with van der Waals surface area (Å²) in [5, 5.41) is 6.36. The van der Waals surface area contributed by atoms with Gasteiger partial charge in [0.05, 0.1) is 37.8 Å². The van der Waals surface area contributed by atoms with E-state index < -0.39 is 0 Å². The molecule has 0 saturated carbocycles. The summed E-state index contributed by atoms with van der Waals surface area (Å²) in [6, 6.07) is 16.9. The summed E-state index contributed by atoms with van der Waals surface area (Å²) in [6.45, 7) is 3.97. The topological polar surface area (TPSA) is 73.2 Å². The third-order valence-corrected chi connectivity index (χ3v) is 6.17. The van der Waals surface area contributed by atoms with E-state index in [1.165, 1.54) is 16.3 Å². The Labute approximate surface area is 202 Å². The van der Waals surface area contributed by atoms with Crippen LogP contribution in [0.3, 0.4) is 0 Å². The van der Waals surface area contributed by atoms with Gasteiger partial charge in [-0.3, -0.25) is 4.79 Å². The molecule has 0 aliphatic carbocycles. The Kier molecular flexibility index (Phi) is 6.79.